The van der Waals surface area contributed by atoms with E-state index in [4.69, 9.17) is 10.00 Å². The lowest BCUT2D eigenvalue weighted by molar-refractivity contribution is 0.179. The molecule has 0 spiro atoms. The van der Waals surface area contributed by atoms with E-state index in [0.29, 0.717) is 12.6 Å². The summed E-state index contributed by atoms with van der Waals surface area (Å²) in [6, 6.07) is 0. The van der Waals surface area contributed by atoms with Crippen LogP contribution in [0, 0.1) is 11.5 Å². The number of aliphatic imine (C=N–C) groups is 1. The summed E-state index contributed by atoms with van der Waals surface area (Å²) in [5.74, 6) is 0.638. The van der Waals surface area contributed by atoms with Gasteiger partial charge in [0.05, 0.1) is 6.61 Å². The van der Waals surface area contributed by atoms with Crippen molar-refractivity contribution in [1.82, 2.24) is 9.80 Å². The highest BCUT2D eigenvalue weighted by Gasteiger charge is 2.07. The van der Waals surface area contributed by atoms with Gasteiger partial charge in [-0.25, -0.2) is 0 Å². The predicted octanol–water partition coefficient (Wildman–Crippen LogP) is -0.0367. The van der Waals surface area contributed by atoms with Gasteiger partial charge >= 0.3 is 0 Å². The zero-order chi connectivity index (χ0) is 10.3. The fraction of sp³-hybridized carbons (Fsp3) is 0.750. The van der Waals surface area contributed by atoms with Crippen molar-refractivity contribution in [2.75, 3.05) is 41.4 Å². The van der Waals surface area contributed by atoms with E-state index in [2.05, 4.69) is 4.99 Å². The molecule has 13 heavy (non-hydrogen) atoms. The second-order valence-corrected chi connectivity index (χ2v) is 2.82. The van der Waals surface area contributed by atoms with Crippen molar-refractivity contribution >= 4 is 5.96 Å². The van der Waals surface area contributed by atoms with Gasteiger partial charge in [-0.1, -0.05) is 0 Å². The van der Waals surface area contributed by atoms with Gasteiger partial charge < -0.3 is 14.5 Å². The van der Waals surface area contributed by atoms with Crippen LogP contribution in [-0.2, 0) is 4.74 Å². The van der Waals surface area contributed by atoms with Crippen LogP contribution in [0.1, 0.15) is 0 Å². The molecule has 0 radical (unpaired) electrons. The quantitative estimate of drug-likeness (QED) is 0.351. The van der Waals surface area contributed by atoms with Crippen LogP contribution in [0.25, 0.3) is 0 Å². The first kappa shape index (κ1) is 11.7. The summed E-state index contributed by atoms with van der Waals surface area (Å²) in [6.07, 6.45) is 1.77. The topological polar surface area (TPSA) is 51.9 Å². The normalized spacial score (nSPS) is 10.8. The van der Waals surface area contributed by atoms with Crippen molar-refractivity contribution in [3.8, 4) is 6.19 Å². The van der Waals surface area contributed by atoms with E-state index in [1.807, 2.05) is 26.0 Å². The lowest BCUT2D eigenvalue weighted by Gasteiger charge is -2.24. The maximum atomic E-state index is 8.44. The largest absolute Gasteiger partial charge is 0.383 e. The minimum absolute atomic E-state index is 0.620. The van der Waals surface area contributed by atoms with Gasteiger partial charge in [0.1, 0.15) is 0 Å². The summed E-state index contributed by atoms with van der Waals surface area (Å²) in [5, 5.41) is 8.44. The number of methoxy groups -OCH3 is 1. The van der Waals surface area contributed by atoms with Crippen LogP contribution in [0.2, 0.25) is 0 Å². The van der Waals surface area contributed by atoms with Crippen LogP contribution in [0.5, 0.6) is 0 Å². The highest BCUT2D eigenvalue weighted by atomic mass is 16.5. The summed E-state index contributed by atoms with van der Waals surface area (Å²) in [5.41, 5.74) is 0. The van der Waals surface area contributed by atoms with Gasteiger partial charge in [0.15, 0.2) is 0 Å². The van der Waals surface area contributed by atoms with Crippen molar-refractivity contribution in [3.05, 3.63) is 0 Å². The first-order valence-electron chi connectivity index (χ1n) is 3.97. The number of guanidine groups is 1. The molecule has 0 atom stereocenters. The standard InChI is InChI=1S/C8H16N4O/c1-11(2)8(10-7-9)12(3)5-6-13-4/h5-6H2,1-4H3/b10-8+. The van der Waals surface area contributed by atoms with Crippen LogP contribution >= 0.6 is 0 Å². The molecule has 0 amide bonds. The first-order chi connectivity index (χ1) is 6.13. The van der Waals surface area contributed by atoms with Crippen molar-refractivity contribution in [2.24, 2.45) is 4.99 Å². The summed E-state index contributed by atoms with van der Waals surface area (Å²) in [7, 11) is 7.21. The van der Waals surface area contributed by atoms with Crippen LogP contribution < -0.4 is 0 Å². The highest BCUT2D eigenvalue weighted by molar-refractivity contribution is 5.80. The molecular weight excluding hydrogens is 168 g/mol. The van der Waals surface area contributed by atoms with Crippen LogP contribution in [0.15, 0.2) is 4.99 Å². The number of hydrogen-bond donors (Lipinski definition) is 0. The Hall–Kier alpha value is -1.28. The van der Waals surface area contributed by atoms with Gasteiger partial charge in [0, 0.05) is 34.8 Å². The molecule has 0 unspecified atom stereocenters. The Kier molecular flexibility index (Phi) is 5.64. The third-order valence-electron chi connectivity index (χ3n) is 1.52. The number of ether oxygens (including phenoxy) is 1. The molecule has 74 valence electrons. The Morgan fingerprint density at radius 3 is 2.46 bits per heavy atom. The lowest BCUT2D eigenvalue weighted by atomic mass is 10.6. The molecule has 0 bridgehead atoms. The van der Waals surface area contributed by atoms with Gasteiger partial charge in [-0.3, -0.25) is 0 Å². The molecule has 0 heterocycles. The first-order valence-corrected chi connectivity index (χ1v) is 3.97. The van der Waals surface area contributed by atoms with Crippen LogP contribution in [0.3, 0.4) is 0 Å². The van der Waals surface area contributed by atoms with Crippen molar-refractivity contribution < 1.29 is 4.74 Å². The molecule has 0 aliphatic rings. The van der Waals surface area contributed by atoms with E-state index in [1.54, 1.807) is 18.2 Å². The van der Waals surface area contributed by atoms with Crippen LogP contribution in [-0.4, -0.2) is 57.2 Å². The molecule has 0 saturated heterocycles. The SMILES string of the molecule is COCCN(C)/C(=N/C#N)N(C)C. The number of nitrogens with zero attached hydrogens (tertiary/aromatic N) is 4. The monoisotopic (exact) mass is 184 g/mol. The number of nitriles is 1. The van der Waals surface area contributed by atoms with E-state index >= 15 is 0 Å². The Balaban J connectivity index is 4.23. The molecule has 0 aliphatic heterocycles. The smallest absolute Gasteiger partial charge is 0.211 e. The fourth-order valence-corrected chi connectivity index (χ4v) is 0.900. The van der Waals surface area contributed by atoms with Gasteiger partial charge in [-0.15, -0.1) is 4.99 Å². The Morgan fingerprint density at radius 1 is 1.46 bits per heavy atom. The minimum Gasteiger partial charge on any atom is -0.383 e. The third kappa shape index (κ3) is 4.33. The molecule has 0 saturated carbocycles. The zero-order valence-corrected chi connectivity index (χ0v) is 8.61. The van der Waals surface area contributed by atoms with E-state index in [0.717, 1.165) is 6.54 Å². The van der Waals surface area contributed by atoms with Gasteiger partial charge in [-0.2, -0.15) is 5.26 Å². The van der Waals surface area contributed by atoms with Gasteiger partial charge in [0.2, 0.25) is 12.2 Å². The fourth-order valence-electron chi connectivity index (χ4n) is 0.900. The number of hydrogen-bond acceptors (Lipinski definition) is 3. The molecule has 5 nitrogen and oxygen atoms in total. The maximum Gasteiger partial charge on any atom is 0.211 e. The van der Waals surface area contributed by atoms with Crippen molar-refractivity contribution in [3.63, 3.8) is 0 Å². The molecule has 5 heteroatoms. The van der Waals surface area contributed by atoms with E-state index in [9.17, 15) is 0 Å². The lowest BCUT2D eigenvalue weighted by Crippen LogP contribution is -2.39. The molecule has 0 fully saturated rings. The summed E-state index contributed by atoms with van der Waals surface area (Å²) in [4.78, 5) is 7.35. The highest BCUT2D eigenvalue weighted by Crippen LogP contribution is 1.91. The second-order valence-electron chi connectivity index (χ2n) is 2.82. The third-order valence-corrected chi connectivity index (χ3v) is 1.52. The number of likely N-dealkylation sites (N-methyl/N-ethyl adjacent to an activating group) is 1. The Bertz CT molecular complexity index is 207. The van der Waals surface area contributed by atoms with E-state index < -0.39 is 0 Å². The van der Waals surface area contributed by atoms with E-state index in [1.165, 1.54) is 0 Å². The number of rotatable bonds is 3. The molecule has 0 aromatic heterocycles. The average molecular weight is 184 g/mol. The van der Waals surface area contributed by atoms with E-state index in [-0.39, 0.29) is 0 Å². The summed E-state index contributed by atoms with van der Waals surface area (Å²) < 4.78 is 4.92. The average Bonchev–Trinajstić information content (AvgIpc) is 2.09. The Labute approximate surface area is 79.2 Å². The summed E-state index contributed by atoms with van der Waals surface area (Å²) >= 11 is 0. The Morgan fingerprint density at radius 2 is 2.08 bits per heavy atom. The van der Waals surface area contributed by atoms with Gasteiger partial charge in [0.25, 0.3) is 0 Å². The van der Waals surface area contributed by atoms with Crippen molar-refractivity contribution in [2.45, 2.75) is 0 Å². The second kappa shape index (κ2) is 6.26. The van der Waals surface area contributed by atoms with Crippen LogP contribution in [0.4, 0.5) is 0 Å². The molecular formula is C8H16N4O. The summed E-state index contributed by atoms with van der Waals surface area (Å²) in [6.45, 7) is 1.34. The zero-order valence-electron chi connectivity index (χ0n) is 8.61. The molecule has 0 aliphatic carbocycles. The predicted molar refractivity (Wildman–Crippen MR) is 51.2 cm³/mol. The minimum atomic E-state index is 0.620. The van der Waals surface area contributed by atoms with Crippen molar-refractivity contribution in [1.29, 1.82) is 5.26 Å². The molecule has 0 aromatic carbocycles. The van der Waals surface area contributed by atoms with Gasteiger partial charge in [-0.05, 0) is 0 Å². The molecule has 0 rings (SSSR count). The molecule has 0 N–H and O–H groups in total. The molecule has 0 aromatic rings. The maximum absolute atomic E-state index is 8.44.